The van der Waals surface area contributed by atoms with Crippen molar-refractivity contribution >= 4 is 17.6 Å². The molecule has 0 saturated heterocycles. The Morgan fingerprint density at radius 2 is 1.78 bits per heavy atom. The fourth-order valence-corrected chi connectivity index (χ4v) is 2.97. The molecule has 1 aliphatic carbocycles. The third-order valence-electron chi connectivity index (χ3n) is 4.54. The summed E-state index contributed by atoms with van der Waals surface area (Å²) in [5.41, 5.74) is 2.47. The molecule has 2 aromatic carbocycles. The predicted molar refractivity (Wildman–Crippen MR) is 93.8 cm³/mol. The number of carbonyl (C=O) groups is 1. The summed E-state index contributed by atoms with van der Waals surface area (Å²) in [6.07, 6.45) is 2.26. The monoisotopic (exact) mass is 328 g/mol. The summed E-state index contributed by atoms with van der Waals surface area (Å²) in [4.78, 5) is 12.2. The molecule has 0 heterocycles. The van der Waals surface area contributed by atoms with Crippen molar-refractivity contribution in [1.29, 1.82) is 0 Å². The summed E-state index contributed by atoms with van der Waals surface area (Å²) < 4.78 is 0. The zero-order chi connectivity index (χ0) is 16.3. The Labute approximate surface area is 142 Å². The number of amides is 2. The standard InChI is InChI=1S/C19H21ClN2O/c1-14(15-7-9-17(20)10-8-15)22-18(23)21-13-19(11-12-19)16-5-3-2-4-6-16/h2-10,14H,11-13H2,1H3,(H2,21,22,23). The van der Waals surface area contributed by atoms with E-state index in [1.54, 1.807) is 0 Å². The number of benzene rings is 2. The van der Waals surface area contributed by atoms with Gasteiger partial charge in [0.15, 0.2) is 0 Å². The largest absolute Gasteiger partial charge is 0.337 e. The molecule has 2 N–H and O–H groups in total. The lowest BCUT2D eigenvalue weighted by Crippen LogP contribution is -2.40. The second-order valence-electron chi connectivity index (χ2n) is 6.25. The molecule has 0 aliphatic heterocycles. The molecule has 3 rings (SSSR count). The molecule has 0 aromatic heterocycles. The van der Waals surface area contributed by atoms with E-state index in [4.69, 9.17) is 11.6 Å². The number of carbonyl (C=O) groups excluding carboxylic acids is 1. The molecular weight excluding hydrogens is 308 g/mol. The van der Waals surface area contributed by atoms with Crippen LogP contribution in [0.2, 0.25) is 5.02 Å². The average molecular weight is 329 g/mol. The van der Waals surface area contributed by atoms with E-state index in [1.165, 1.54) is 5.56 Å². The van der Waals surface area contributed by atoms with Gasteiger partial charge in [-0.1, -0.05) is 54.1 Å². The van der Waals surface area contributed by atoms with E-state index >= 15 is 0 Å². The van der Waals surface area contributed by atoms with Crippen molar-refractivity contribution < 1.29 is 4.79 Å². The molecular formula is C19H21ClN2O. The van der Waals surface area contributed by atoms with Crippen molar-refractivity contribution in [3.05, 3.63) is 70.7 Å². The highest BCUT2D eigenvalue weighted by Crippen LogP contribution is 2.47. The highest BCUT2D eigenvalue weighted by molar-refractivity contribution is 6.30. The van der Waals surface area contributed by atoms with Crippen LogP contribution in [0.5, 0.6) is 0 Å². The third-order valence-corrected chi connectivity index (χ3v) is 4.80. The maximum absolute atomic E-state index is 12.2. The zero-order valence-corrected chi connectivity index (χ0v) is 13.9. The Hall–Kier alpha value is -2.00. The quantitative estimate of drug-likeness (QED) is 0.837. The maximum Gasteiger partial charge on any atom is 0.315 e. The highest BCUT2D eigenvalue weighted by atomic mass is 35.5. The van der Waals surface area contributed by atoms with Crippen LogP contribution in [0.25, 0.3) is 0 Å². The third kappa shape index (κ3) is 3.85. The minimum atomic E-state index is -0.130. The van der Waals surface area contributed by atoms with Crippen molar-refractivity contribution in [2.24, 2.45) is 0 Å². The number of hydrogen-bond donors (Lipinski definition) is 2. The van der Waals surface area contributed by atoms with Crippen molar-refractivity contribution in [1.82, 2.24) is 10.6 Å². The first-order valence-corrected chi connectivity index (χ1v) is 8.32. The van der Waals surface area contributed by atoms with Gasteiger partial charge in [0.1, 0.15) is 0 Å². The summed E-state index contributed by atoms with van der Waals surface area (Å²) in [6.45, 7) is 2.64. The predicted octanol–water partition coefficient (Wildman–Crippen LogP) is 4.43. The number of hydrogen-bond acceptors (Lipinski definition) is 1. The molecule has 0 radical (unpaired) electrons. The van der Waals surface area contributed by atoms with E-state index in [0.717, 1.165) is 18.4 Å². The Morgan fingerprint density at radius 1 is 1.13 bits per heavy atom. The topological polar surface area (TPSA) is 41.1 Å². The van der Waals surface area contributed by atoms with E-state index in [2.05, 4.69) is 34.9 Å². The number of urea groups is 1. The van der Waals surface area contributed by atoms with Crippen LogP contribution in [-0.4, -0.2) is 12.6 Å². The second-order valence-corrected chi connectivity index (χ2v) is 6.68. The fourth-order valence-electron chi connectivity index (χ4n) is 2.84. The molecule has 1 saturated carbocycles. The molecule has 23 heavy (non-hydrogen) atoms. The van der Waals surface area contributed by atoms with Gasteiger partial charge in [0.2, 0.25) is 0 Å². The summed E-state index contributed by atoms with van der Waals surface area (Å²) in [7, 11) is 0. The first kappa shape index (κ1) is 15.9. The Kier molecular flexibility index (Phi) is 4.58. The number of halogens is 1. The van der Waals surface area contributed by atoms with Crippen LogP contribution in [0.4, 0.5) is 4.79 Å². The minimum Gasteiger partial charge on any atom is -0.337 e. The van der Waals surface area contributed by atoms with Crippen LogP contribution in [0.3, 0.4) is 0 Å². The summed E-state index contributed by atoms with van der Waals surface area (Å²) >= 11 is 5.89. The maximum atomic E-state index is 12.2. The fraction of sp³-hybridized carbons (Fsp3) is 0.316. The molecule has 1 aliphatic rings. The van der Waals surface area contributed by atoms with Crippen LogP contribution in [-0.2, 0) is 5.41 Å². The van der Waals surface area contributed by atoms with Gasteiger partial charge in [-0.15, -0.1) is 0 Å². The first-order valence-electron chi connectivity index (χ1n) is 7.94. The van der Waals surface area contributed by atoms with Crippen LogP contribution in [0.15, 0.2) is 54.6 Å². The van der Waals surface area contributed by atoms with Crippen molar-refractivity contribution in [3.8, 4) is 0 Å². The lowest BCUT2D eigenvalue weighted by Gasteiger charge is -2.19. The van der Waals surface area contributed by atoms with Gasteiger partial charge in [-0.2, -0.15) is 0 Å². The molecule has 120 valence electrons. The Bertz CT molecular complexity index is 666. The number of nitrogens with one attached hydrogen (secondary N) is 2. The lowest BCUT2D eigenvalue weighted by molar-refractivity contribution is 0.237. The van der Waals surface area contributed by atoms with Gasteiger partial charge in [-0.3, -0.25) is 0 Å². The molecule has 4 heteroatoms. The summed E-state index contributed by atoms with van der Waals surface area (Å²) in [5.74, 6) is 0. The molecule has 3 nitrogen and oxygen atoms in total. The van der Waals surface area contributed by atoms with Gasteiger partial charge >= 0.3 is 6.03 Å². The SMILES string of the molecule is CC(NC(=O)NCC1(c2ccccc2)CC1)c1ccc(Cl)cc1. The molecule has 1 fully saturated rings. The Morgan fingerprint density at radius 3 is 2.39 bits per heavy atom. The van der Waals surface area contributed by atoms with E-state index in [-0.39, 0.29) is 17.5 Å². The van der Waals surface area contributed by atoms with Crippen LogP contribution < -0.4 is 10.6 Å². The molecule has 0 spiro atoms. The lowest BCUT2D eigenvalue weighted by atomic mass is 9.96. The Balaban J connectivity index is 1.53. The summed E-state index contributed by atoms with van der Waals surface area (Å²) in [5, 5.41) is 6.69. The zero-order valence-electron chi connectivity index (χ0n) is 13.2. The van der Waals surface area contributed by atoms with Crippen LogP contribution >= 0.6 is 11.6 Å². The van der Waals surface area contributed by atoms with Gasteiger partial charge in [0, 0.05) is 17.0 Å². The highest BCUT2D eigenvalue weighted by Gasteiger charge is 2.44. The van der Waals surface area contributed by atoms with Gasteiger partial charge in [-0.25, -0.2) is 4.79 Å². The van der Waals surface area contributed by atoms with Gasteiger partial charge in [-0.05, 0) is 43.0 Å². The average Bonchev–Trinajstić information content (AvgIpc) is 3.36. The first-order chi connectivity index (χ1) is 11.1. The van der Waals surface area contributed by atoms with Gasteiger partial charge < -0.3 is 10.6 Å². The van der Waals surface area contributed by atoms with Crippen molar-refractivity contribution in [3.63, 3.8) is 0 Å². The van der Waals surface area contributed by atoms with E-state index in [1.807, 2.05) is 37.3 Å². The van der Waals surface area contributed by atoms with Crippen LogP contribution in [0, 0.1) is 0 Å². The molecule has 1 atom stereocenters. The normalized spacial score (nSPS) is 16.4. The van der Waals surface area contributed by atoms with Gasteiger partial charge in [0.25, 0.3) is 0 Å². The minimum absolute atomic E-state index is 0.0563. The summed E-state index contributed by atoms with van der Waals surface area (Å²) in [6, 6.07) is 17.8. The molecule has 2 aromatic rings. The van der Waals surface area contributed by atoms with Gasteiger partial charge in [0.05, 0.1) is 6.04 Å². The smallest absolute Gasteiger partial charge is 0.315 e. The van der Waals surface area contributed by atoms with E-state index < -0.39 is 0 Å². The van der Waals surface area contributed by atoms with E-state index in [0.29, 0.717) is 11.6 Å². The molecule has 2 amide bonds. The second kappa shape index (κ2) is 6.63. The van der Waals surface area contributed by atoms with Crippen LogP contribution in [0.1, 0.15) is 36.9 Å². The molecule has 0 bridgehead atoms. The van der Waals surface area contributed by atoms with Crippen molar-refractivity contribution in [2.75, 3.05) is 6.54 Å². The van der Waals surface area contributed by atoms with E-state index in [9.17, 15) is 4.79 Å². The number of rotatable bonds is 5. The van der Waals surface area contributed by atoms with Crippen molar-refractivity contribution in [2.45, 2.75) is 31.2 Å². The molecule has 1 unspecified atom stereocenters.